The molecule has 2 saturated heterocycles. The first-order valence-corrected chi connectivity index (χ1v) is 10.3. The maximum Gasteiger partial charge on any atom is 0.328 e. The summed E-state index contributed by atoms with van der Waals surface area (Å²) >= 11 is 0. The van der Waals surface area contributed by atoms with Crippen LogP contribution < -0.4 is 10.6 Å². The van der Waals surface area contributed by atoms with Gasteiger partial charge in [-0.2, -0.15) is 0 Å². The van der Waals surface area contributed by atoms with Crippen molar-refractivity contribution >= 4 is 17.8 Å². The molecule has 0 spiro atoms. The first kappa shape index (κ1) is 28.0. The van der Waals surface area contributed by atoms with Crippen molar-refractivity contribution in [1.82, 2.24) is 10.6 Å². The third-order valence-electron chi connectivity index (χ3n) is 5.32. The Bertz CT molecular complexity index is 750. The Labute approximate surface area is 193 Å². The van der Waals surface area contributed by atoms with E-state index in [9.17, 15) is 39.9 Å². The molecule has 0 radical (unpaired) electrons. The Morgan fingerprint density at radius 2 is 1.50 bits per heavy atom. The van der Waals surface area contributed by atoms with Crippen LogP contribution in [0, 0.1) is 0 Å². The van der Waals surface area contributed by atoms with E-state index >= 15 is 0 Å². The van der Waals surface area contributed by atoms with Crippen molar-refractivity contribution in [1.29, 1.82) is 0 Å². The van der Waals surface area contributed by atoms with Crippen LogP contribution in [0.1, 0.15) is 6.92 Å². The molecule has 2 fully saturated rings. The predicted molar refractivity (Wildman–Crippen MR) is 108 cm³/mol. The molecule has 2 amide bonds. The van der Waals surface area contributed by atoms with Crippen LogP contribution in [0.15, 0.2) is 12.2 Å². The number of hydrogen-bond donors (Lipinski definition) is 8. The number of carbonyl (C=O) groups excluding carboxylic acids is 2. The topological polar surface area (TPSA) is 234 Å². The van der Waals surface area contributed by atoms with E-state index in [1.54, 1.807) is 0 Å². The zero-order chi connectivity index (χ0) is 25.6. The molecule has 10 atom stereocenters. The van der Waals surface area contributed by atoms with E-state index in [0.717, 1.165) is 0 Å². The molecule has 0 bridgehead atoms. The van der Waals surface area contributed by atoms with E-state index in [1.807, 2.05) is 0 Å². The fraction of sp³-hybridized carbons (Fsp3) is 0.737. The third kappa shape index (κ3) is 6.68. The number of hydrogen-bond acceptors (Lipinski definition) is 12. The second-order valence-corrected chi connectivity index (χ2v) is 7.69. The molecule has 0 aromatic heterocycles. The molecular formula is C19H30N2O13. The van der Waals surface area contributed by atoms with Gasteiger partial charge in [-0.15, -0.1) is 0 Å². The van der Waals surface area contributed by atoms with Gasteiger partial charge in [0.15, 0.2) is 12.6 Å². The highest BCUT2D eigenvalue weighted by atomic mass is 16.7. The van der Waals surface area contributed by atoms with E-state index < -0.39 is 92.3 Å². The minimum atomic E-state index is -1.77. The maximum atomic E-state index is 12.0. The molecule has 0 saturated carbocycles. The van der Waals surface area contributed by atoms with Crippen molar-refractivity contribution in [2.24, 2.45) is 0 Å². The van der Waals surface area contributed by atoms with Gasteiger partial charge in [0, 0.05) is 26.2 Å². The van der Waals surface area contributed by atoms with Gasteiger partial charge in [-0.05, 0) is 0 Å². The van der Waals surface area contributed by atoms with Gasteiger partial charge in [0.2, 0.25) is 11.8 Å². The lowest BCUT2D eigenvalue weighted by Gasteiger charge is -2.47. The molecule has 15 heteroatoms. The molecule has 34 heavy (non-hydrogen) atoms. The molecule has 0 aromatic rings. The highest BCUT2D eigenvalue weighted by Crippen LogP contribution is 2.29. The Hall–Kier alpha value is -2.21. The lowest BCUT2D eigenvalue weighted by molar-refractivity contribution is -0.336. The SMILES string of the molecule is CO[C@@H]1O[C@H](CO)[C@@H](O[C@@H]2O[C@H](CO)[C@H](O)[C@H](NC(=O)/C=C/C(=O)O)[C@H]2O)[C@H](O)[C@H]1NC(C)=O. The summed E-state index contributed by atoms with van der Waals surface area (Å²) in [5, 5.41) is 64.5. The average molecular weight is 494 g/mol. The number of amides is 2. The van der Waals surface area contributed by atoms with Crippen LogP contribution in [0.5, 0.6) is 0 Å². The van der Waals surface area contributed by atoms with Gasteiger partial charge in [0.05, 0.1) is 19.3 Å². The molecule has 0 aromatic carbocycles. The van der Waals surface area contributed by atoms with Crippen molar-refractivity contribution in [2.75, 3.05) is 20.3 Å². The summed E-state index contributed by atoms with van der Waals surface area (Å²) in [5.41, 5.74) is 0. The molecule has 0 aliphatic carbocycles. The lowest BCUT2D eigenvalue weighted by atomic mass is 9.94. The molecule has 0 unspecified atom stereocenters. The van der Waals surface area contributed by atoms with Crippen molar-refractivity contribution in [3.8, 4) is 0 Å². The van der Waals surface area contributed by atoms with Gasteiger partial charge in [-0.25, -0.2) is 4.79 Å². The largest absolute Gasteiger partial charge is 0.478 e. The summed E-state index contributed by atoms with van der Waals surface area (Å²) in [6.45, 7) is -0.220. The number of carbonyl (C=O) groups is 3. The molecule has 2 aliphatic rings. The fourth-order valence-corrected chi connectivity index (χ4v) is 3.71. The van der Waals surface area contributed by atoms with Crippen LogP contribution >= 0.6 is 0 Å². The minimum Gasteiger partial charge on any atom is -0.478 e. The molecule has 194 valence electrons. The summed E-state index contributed by atoms with van der Waals surface area (Å²) in [4.78, 5) is 34.1. The van der Waals surface area contributed by atoms with Crippen LogP contribution in [0.25, 0.3) is 0 Å². The Morgan fingerprint density at radius 1 is 0.882 bits per heavy atom. The van der Waals surface area contributed by atoms with Gasteiger partial charge < -0.3 is 60.2 Å². The van der Waals surface area contributed by atoms with E-state index in [-0.39, 0.29) is 0 Å². The standard InChI is InChI=1S/C19H30N2O13/c1-7(24)20-13-15(29)17(9(6-23)33-18(13)31-2)34-19-16(30)12(14(28)8(5-22)32-19)21-10(25)3-4-11(26)27/h3-4,8-9,12-19,22-23,28-30H,5-6H2,1-2H3,(H,20,24)(H,21,25)(H,26,27)/b4-3+/t8-,9-,12+,13-,14+,15-,16-,17-,18-,19+/m1/s1. The van der Waals surface area contributed by atoms with E-state index in [0.29, 0.717) is 12.2 Å². The summed E-state index contributed by atoms with van der Waals surface area (Å²) in [7, 11) is 1.26. The lowest BCUT2D eigenvalue weighted by Crippen LogP contribution is -2.69. The third-order valence-corrected chi connectivity index (χ3v) is 5.32. The molecular weight excluding hydrogens is 464 g/mol. The summed E-state index contributed by atoms with van der Waals surface area (Å²) in [6.07, 6.45) is -10.5. The van der Waals surface area contributed by atoms with Crippen molar-refractivity contribution in [3.63, 3.8) is 0 Å². The first-order valence-electron chi connectivity index (χ1n) is 10.3. The number of aliphatic hydroxyl groups excluding tert-OH is 5. The normalized spacial score (nSPS) is 38.4. The van der Waals surface area contributed by atoms with Crippen LogP contribution in [-0.4, -0.2) is 130 Å². The van der Waals surface area contributed by atoms with Gasteiger partial charge in [-0.3, -0.25) is 9.59 Å². The molecule has 8 N–H and O–H groups in total. The van der Waals surface area contributed by atoms with E-state index in [4.69, 9.17) is 24.1 Å². The van der Waals surface area contributed by atoms with Gasteiger partial charge in [-0.1, -0.05) is 0 Å². The van der Waals surface area contributed by atoms with Crippen LogP contribution in [-0.2, 0) is 33.3 Å². The van der Waals surface area contributed by atoms with Crippen molar-refractivity contribution in [2.45, 2.75) is 68.2 Å². The summed E-state index contributed by atoms with van der Waals surface area (Å²) in [5.74, 6) is -2.89. The Kier molecular flexibility index (Phi) is 10.3. The quantitative estimate of drug-likeness (QED) is 0.141. The van der Waals surface area contributed by atoms with E-state index in [1.165, 1.54) is 14.0 Å². The zero-order valence-corrected chi connectivity index (χ0v) is 18.4. The summed E-state index contributed by atoms with van der Waals surface area (Å²) < 4.78 is 21.7. The number of nitrogens with one attached hydrogen (secondary N) is 2. The number of aliphatic carboxylic acids is 1. The van der Waals surface area contributed by atoms with Gasteiger partial charge >= 0.3 is 5.97 Å². The molecule has 15 nitrogen and oxygen atoms in total. The number of ether oxygens (including phenoxy) is 4. The number of carboxylic acid groups (broad SMARTS) is 1. The van der Waals surface area contributed by atoms with Crippen molar-refractivity contribution in [3.05, 3.63) is 12.2 Å². The minimum absolute atomic E-state index is 0.523. The van der Waals surface area contributed by atoms with Gasteiger partial charge in [0.25, 0.3) is 0 Å². The smallest absolute Gasteiger partial charge is 0.328 e. The predicted octanol–water partition coefficient (Wildman–Crippen LogP) is -4.83. The van der Waals surface area contributed by atoms with Crippen molar-refractivity contribution < 1.29 is 64.0 Å². The van der Waals surface area contributed by atoms with E-state index in [2.05, 4.69) is 10.6 Å². The monoisotopic (exact) mass is 494 g/mol. The Morgan fingerprint density at radius 3 is 2.03 bits per heavy atom. The first-order chi connectivity index (χ1) is 16.0. The Balaban J connectivity index is 2.25. The number of rotatable bonds is 9. The molecule has 2 heterocycles. The zero-order valence-electron chi connectivity index (χ0n) is 18.4. The number of carboxylic acids is 1. The maximum absolute atomic E-state index is 12.0. The average Bonchev–Trinajstić information content (AvgIpc) is 2.79. The fourth-order valence-electron chi connectivity index (χ4n) is 3.71. The molecule has 2 aliphatic heterocycles. The highest BCUT2D eigenvalue weighted by molar-refractivity contribution is 5.94. The van der Waals surface area contributed by atoms with Crippen LogP contribution in [0.3, 0.4) is 0 Å². The highest BCUT2D eigenvalue weighted by Gasteiger charge is 2.51. The summed E-state index contributed by atoms with van der Waals surface area (Å²) in [6, 6.07) is -2.61. The van der Waals surface area contributed by atoms with Gasteiger partial charge in [0.1, 0.15) is 42.7 Å². The second kappa shape index (κ2) is 12.5. The van der Waals surface area contributed by atoms with Crippen LogP contribution in [0.4, 0.5) is 0 Å². The molecule has 2 rings (SSSR count). The number of methoxy groups -OCH3 is 1. The van der Waals surface area contributed by atoms with Crippen LogP contribution in [0.2, 0.25) is 0 Å². The second-order valence-electron chi connectivity index (χ2n) is 7.69. The number of aliphatic hydroxyl groups is 5.